The van der Waals surface area contributed by atoms with Crippen LogP contribution in [0.25, 0.3) is 5.69 Å². The second kappa shape index (κ2) is 5.79. The quantitative estimate of drug-likeness (QED) is 0.717. The van der Waals surface area contributed by atoms with Gasteiger partial charge in [-0.15, -0.1) is 0 Å². The Morgan fingerprint density at radius 3 is 2.54 bits per heavy atom. The molecule has 5 rings (SSSR count). The molecule has 1 aromatic heterocycles. The van der Waals surface area contributed by atoms with Crippen LogP contribution in [-0.4, -0.2) is 22.5 Å². The van der Waals surface area contributed by atoms with E-state index in [4.69, 9.17) is 5.10 Å². The molecule has 5 nitrogen and oxygen atoms in total. The van der Waals surface area contributed by atoms with Crippen molar-refractivity contribution in [2.45, 2.75) is 37.2 Å². The lowest BCUT2D eigenvalue weighted by Crippen LogP contribution is -2.24. The minimum Gasteiger partial charge on any atom is -0.237 e. The molecule has 1 aliphatic carbocycles. The van der Waals surface area contributed by atoms with Gasteiger partial charge in [0.2, 0.25) is 10.0 Å². The zero-order chi connectivity index (χ0) is 17.7. The number of para-hydroxylation sites is 1. The number of nitrogens with zero attached hydrogens (tertiary/aromatic N) is 3. The molecule has 0 radical (unpaired) electrons. The maximum absolute atomic E-state index is 12.9. The second-order valence-electron chi connectivity index (χ2n) is 6.85. The highest BCUT2D eigenvalue weighted by atomic mass is 32.2. The first kappa shape index (κ1) is 15.8. The summed E-state index contributed by atoms with van der Waals surface area (Å²) in [7, 11) is -3.43. The first-order valence-electron chi connectivity index (χ1n) is 8.88. The van der Waals surface area contributed by atoms with Crippen LogP contribution >= 0.6 is 0 Å². The Bertz CT molecular complexity index is 1090. The molecule has 0 amide bonds. The van der Waals surface area contributed by atoms with Gasteiger partial charge in [0.05, 0.1) is 22.8 Å². The predicted molar refractivity (Wildman–Crippen MR) is 98.5 cm³/mol. The van der Waals surface area contributed by atoms with E-state index >= 15 is 0 Å². The number of benzene rings is 2. The van der Waals surface area contributed by atoms with Gasteiger partial charge in [0.15, 0.2) is 0 Å². The van der Waals surface area contributed by atoms with Crippen molar-refractivity contribution in [3.63, 3.8) is 0 Å². The summed E-state index contributed by atoms with van der Waals surface area (Å²) in [4.78, 5) is 0.430. The molecule has 0 saturated heterocycles. The lowest BCUT2D eigenvalue weighted by atomic mass is 10.2. The van der Waals surface area contributed by atoms with Gasteiger partial charge in [-0.2, -0.15) is 9.40 Å². The fraction of sp³-hybridized carbons (Fsp3) is 0.250. The molecule has 132 valence electrons. The van der Waals surface area contributed by atoms with Crippen molar-refractivity contribution in [1.82, 2.24) is 14.1 Å². The van der Waals surface area contributed by atoms with Gasteiger partial charge in [0, 0.05) is 12.2 Å². The Morgan fingerprint density at radius 1 is 0.962 bits per heavy atom. The number of rotatable bonds is 3. The monoisotopic (exact) mass is 365 g/mol. The lowest BCUT2D eigenvalue weighted by Gasteiger charge is -2.13. The zero-order valence-corrected chi connectivity index (χ0v) is 15.1. The van der Waals surface area contributed by atoms with Crippen LogP contribution in [0.2, 0.25) is 0 Å². The highest BCUT2D eigenvalue weighted by Gasteiger charge is 2.36. The smallest absolute Gasteiger partial charge is 0.237 e. The van der Waals surface area contributed by atoms with Crippen LogP contribution in [-0.2, 0) is 36.0 Å². The minimum absolute atomic E-state index is 0.333. The van der Waals surface area contributed by atoms with Crippen molar-refractivity contribution < 1.29 is 8.42 Å². The Hall–Kier alpha value is -2.44. The maximum atomic E-state index is 12.9. The topological polar surface area (TPSA) is 55.2 Å². The number of sulfonamides is 1. The first-order chi connectivity index (χ1) is 12.6. The minimum atomic E-state index is -3.43. The van der Waals surface area contributed by atoms with E-state index in [2.05, 4.69) is 0 Å². The Labute approximate surface area is 152 Å². The third kappa shape index (κ3) is 2.33. The molecule has 26 heavy (non-hydrogen) atoms. The Kier molecular flexibility index (Phi) is 3.52. The molecular formula is C20H19N3O2S. The second-order valence-corrected chi connectivity index (χ2v) is 8.76. The number of hydrogen-bond donors (Lipinski definition) is 0. The normalized spacial score (nSPS) is 18.0. The molecule has 0 unspecified atom stereocenters. The number of fused-ring (bicyclic) bond motifs is 2. The average molecular weight is 365 g/mol. The maximum Gasteiger partial charge on any atom is 0.244 e. The van der Waals surface area contributed by atoms with Crippen LogP contribution in [0.1, 0.15) is 28.9 Å². The van der Waals surface area contributed by atoms with E-state index in [1.165, 1.54) is 11.3 Å². The largest absolute Gasteiger partial charge is 0.244 e. The van der Waals surface area contributed by atoms with Gasteiger partial charge in [0.1, 0.15) is 0 Å². The highest BCUT2D eigenvalue weighted by molar-refractivity contribution is 7.89. The van der Waals surface area contributed by atoms with E-state index in [0.29, 0.717) is 18.0 Å². The molecule has 0 N–H and O–H groups in total. The summed E-state index contributed by atoms with van der Waals surface area (Å²) in [5, 5.41) is 4.80. The summed E-state index contributed by atoms with van der Waals surface area (Å²) in [6.45, 7) is 0.755. The van der Waals surface area contributed by atoms with Crippen molar-refractivity contribution >= 4 is 10.0 Å². The highest BCUT2D eigenvalue weighted by Crippen LogP contribution is 2.34. The van der Waals surface area contributed by atoms with Gasteiger partial charge >= 0.3 is 0 Å². The van der Waals surface area contributed by atoms with Crippen LogP contribution in [0, 0.1) is 0 Å². The molecule has 0 spiro atoms. The van der Waals surface area contributed by atoms with Crippen molar-refractivity contribution in [2.24, 2.45) is 0 Å². The molecule has 6 heteroatoms. The summed E-state index contributed by atoms with van der Waals surface area (Å²) in [5.41, 5.74) is 5.23. The first-order valence-corrected chi connectivity index (χ1v) is 10.3. The van der Waals surface area contributed by atoms with Crippen LogP contribution < -0.4 is 0 Å². The lowest BCUT2D eigenvalue weighted by molar-refractivity contribution is 0.412. The third-order valence-electron chi connectivity index (χ3n) is 5.28. The van der Waals surface area contributed by atoms with Crippen LogP contribution in [0.4, 0.5) is 0 Å². The molecule has 3 aromatic rings. The van der Waals surface area contributed by atoms with Gasteiger partial charge in [-0.1, -0.05) is 36.4 Å². The van der Waals surface area contributed by atoms with Gasteiger partial charge in [0.25, 0.3) is 0 Å². The summed E-state index contributed by atoms with van der Waals surface area (Å²) < 4.78 is 29.3. The van der Waals surface area contributed by atoms with E-state index in [1.807, 2.05) is 47.1 Å². The molecule has 2 aromatic carbocycles. The molecule has 0 bridgehead atoms. The predicted octanol–water partition coefficient (Wildman–Crippen LogP) is 3.07. The zero-order valence-electron chi connectivity index (χ0n) is 14.3. The van der Waals surface area contributed by atoms with Gasteiger partial charge in [-0.25, -0.2) is 13.1 Å². The van der Waals surface area contributed by atoms with Crippen molar-refractivity contribution in [2.75, 3.05) is 0 Å². The molecule has 2 aliphatic rings. The Balaban J connectivity index is 1.53. The summed E-state index contributed by atoms with van der Waals surface area (Å²) in [6, 6.07) is 17.3. The van der Waals surface area contributed by atoms with Gasteiger partial charge in [-0.3, -0.25) is 0 Å². The third-order valence-corrected chi connectivity index (χ3v) is 7.17. The van der Waals surface area contributed by atoms with Crippen LogP contribution in [0.5, 0.6) is 0 Å². The van der Waals surface area contributed by atoms with Crippen LogP contribution in [0.15, 0.2) is 59.5 Å². The SMILES string of the molecule is O=S1(=O)c2ccccc2CN1Cc1nn(-c2ccccc2)c2c1CCC2. The van der Waals surface area contributed by atoms with E-state index in [0.717, 1.165) is 36.2 Å². The van der Waals surface area contributed by atoms with Gasteiger partial charge in [-0.05, 0) is 48.6 Å². The molecule has 0 fully saturated rings. The van der Waals surface area contributed by atoms with Crippen molar-refractivity contribution in [1.29, 1.82) is 0 Å². The van der Waals surface area contributed by atoms with E-state index in [9.17, 15) is 8.42 Å². The van der Waals surface area contributed by atoms with E-state index in [1.54, 1.807) is 16.4 Å². The molecule has 1 aliphatic heterocycles. The molecular weight excluding hydrogens is 346 g/mol. The average Bonchev–Trinajstić information content (AvgIpc) is 3.31. The fourth-order valence-electron chi connectivity index (χ4n) is 4.03. The van der Waals surface area contributed by atoms with E-state index in [-0.39, 0.29) is 0 Å². The summed E-state index contributed by atoms with van der Waals surface area (Å²) in [5.74, 6) is 0. The van der Waals surface area contributed by atoms with Gasteiger partial charge < -0.3 is 0 Å². The van der Waals surface area contributed by atoms with Crippen LogP contribution in [0.3, 0.4) is 0 Å². The summed E-state index contributed by atoms with van der Waals surface area (Å²) in [6.07, 6.45) is 3.06. The Morgan fingerprint density at radius 2 is 1.73 bits per heavy atom. The molecule has 0 saturated carbocycles. The summed E-state index contributed by atoms with van der Waals surface area (Å²) >= 11 is 0. The van der Waals surface area contributed by atoms with E-state index < -0.39 is 10.0 Å². The standard InChI is InChI=1S/C20H19N3O2S/c24-26(25)20-12-5-4-7-15(20)13-22(26)14-18-17-10-6-11-19(17)23(21-18)16-8-2-1-3-9-16/h1-5,7-9,12H,6,10-11,13-14H2. The molecule has 2 heterocycles. The molecule has 0 atom stereocenters. The van der Waals surface area contributed by atoms with Crippen molar-refractivity contribution in [3.05, 3.63) is 77.1 Å². The van der Waals surface area contributed by atoms with Crippen molar-refractivity contribution in [3.8, 4) is 5.69 Å². The number of hydrogen-bond acceptors (Lipinski definition) is 3. The number of aromatic nitrogens is 2. The fourth-order valence-corrected chi connectivity index (χ4v) is 5.63.